The summed E-state index contributed by atoms with van der Waals surface area (Å²) in [5.74, 6) is -1.92. The largest absolute Gasteiger partial charge is 0.454 e. The van der Waals surface area contributed by atoms with Crippen molar-refractivity contribution >= 4 is 34.7 Å². The van der Waals surface area contributed by atoms with E-state index in [2.05, 4.69) is 0 Å². The molecule has 2 amide bonds. The molecule has 2 bridgehead atoms. The number of ketones is 1. The molecule has 0 spiro atoms. The molecule has 4 rings (SSSR count). The molecule has 2 N–H and O–H groups in total. The van der Waals surface area contributed by atoms with Gasteiger partial charge in [-0.15, -0.1) is 0 Å². The molecule has 0 saturated carbocycles. The number of rotatable bonds is 8. The van der Waals surface area contributed by atoms with Crippen LogP contribution in [0.2, 0.25) is 0 Å². The fourth-order valence-electron chi connectivity index (χ4n) is 4.38. The van der Waals surface area contributed by atoms with Gasteiger partial charge in [0.25, 0.3) is 0 Å². The predicted octanol–water partition coefficient (Wildman–Crippen LogP) is 1.67. The lowest BCUT2D eigenvalue weighted by molar-refractivity contribution is -0.146. The Balaban J connectivity index is 1.41. The van der Waals surface area contributed by atoms with Gasteiger partial charge >= 0.3 is 5.30 Å². The Labute approximate surface area is 184 Å². The fourth-order valence-corrected chi connectivity index (χ4v) is 5.02. The van der Waals surface area contributed by atoms with E-state index in [-0.39, 0.29) is 36.5 Å². The van der Waals surface area contributed by atoms with Crippen LogP contribution in [0.15, 0.2) is 42.5 Å². The molecule has 5 atom stereocenters. The molecule has 2 saturated heterocycles. The van der Waals surface area contributed by atoms with E-state index in [4.69, 9.17) is 15.2 Å². The van der Waals surface area contributed by atoms with Crippen molar-refractivity contribution < 1.29 is 28.7 Å². The molecular weight excluding hydrogens is 420 g/mol. The van der Waals surface area contributed by atoms with E-state index in [1.165, 1.54) is 4.90 Å². The Morgan fingerprint density at radius 3 is 2.71 bits per heavy atom. The molecule has 3 aliphatic rings. The van der Waals surface area contributed by atoms with Gasteiger partial charge in [-0.2, -0.15) is 0 Å². The summed E-state index contributed by atoms with van der Waals surface area (Å²) in [5, 5.41) is -0.601. The first-order valence-electron chi connectivity index (χ1n) is 10.2. The molecule has 3 heterocycles. The van der Waals surface area contributed by atoms with Gasteiger partial charge in [0.2, 0.25) is 11.8 Å². The highest BCUT2D eigenvalue weighted by molar-refractivity contribution is 8.13. The number of likely N-dealkylation sites (tertiary alicyclic amines) is 1. The number of nitrogens with two attached hydrogens (primary N) is 1. The first-order valence-corrected chi connectivity index (χ1v) is 11.2. The summed E-state index contributed by atoms with van der Waals surface area (Å²) >= 11 is 0.814. The second-order valence-corrected chi connectivity index (χ2v) is 8.88. The molecule has 1 aromatic rings. The van der Waals surface area contributed by atoms with Gasteiger partial charge in [-0.05, 0) is 23.4 Å². The Hall–Kier alpha value is -2.49. The number of nitrogens with zero attached hydrogens (tertiary/aromatic N) is 1. The van der Waals surface area contributed by atoms with Crippen LogP contribution in [0.3, 0.4) is 0 Å². The first-order chi connectivity index (χ1) is 14.9. The normalized spacial score (nSPS) is 29.4. The van der Waals surface area contributed by atoms with Crippen molar-refractivity contribution in [2.24, 2.45) is 17.6 Å². The average molecular weight is 445 g/mol. The molecule has 2 fully saturated rings. The van der Waals surface area contributed by atoms with Crippen molar-refractivity contribution in [3.63, 3.8) is 0 Å². The summed E-state index contributed by atoms with van der Waals surface area (Å²) in [7, 11) is 0. The molecule has 0 aromatic heterocycles. The third-order valence-electron chi connectivity index (χ3n) is 5.99. The molecule has 5 unspecified atom stereocenters. The number of carbonyl (C=O) groups excluding carboxylic acids is 4. The SMILES string of the molecule is CCC(=O)C(N)CSC(=O)OCC12C=CC(O1)C1C(=O)N(Cc3ccccc3)C(=O)C12. The van der Waals surface area contributed by atoms with Gasteiger partial charge in [0.15, 0.2) is 0 Å². The number of thioether (sulfide) groups is 1. The van der Waals surface area contributed by atoms with E-state index >= 15 is 0 Å². The second-order valence-electron chi connectivity index (χ2n) is 7.92. The van der Waals surface area contributed by atoms with Gasteiger partial charge in [0.1, 0.15) is 18.0 Å². The van der Waals surface area contributed by atoms with E-state index in [0.717, 1.165) is 17.3 Å². The zero-order valence-electron chi connectivity index (χ0n) is 17.1. The summed E-state index contributed by atoms with van der Waals surface area (Å²) < 4.78 is 11.3. The average Bonchev–Trinajstić information content (AvgIpc) is 3.42. The molecule has 9 heteroatoms. The van der Waals surface area contributed by atoms with Gasteiger partial charge in [0, 0.05) is 12.2 Å². The number of Topliss-reactive ketones (excluding diaryl/α,β-unsaturated/α-hetero) is 1. The quantitative estimate of drug-likeness (QED) is 0.366. The number of ether oxygens (including phenoxy) is 2. The Bertz CT molecular complexity index is 935. The van der Waals surface area contributed by atoms with Crippen molar-refractivity contribution in [1.82, 2.24) is 4.90 Å². The van der Waals surface area contributed by atoms with Gasteiger partial charge < -0.3 is 15.2 Å². The minimum absolute atomic E-state index is 0.117. The van der Waals surface area contributed by atoms with Crippen LogP contribution in [0, 0.1) is 11.8 Å². The number of amides is 2. The summed E-state index contributed by atoms with van der Waals surface area (Å²) in [6.07, 6.45) is 3.28. The number of carbonyl (C=O) groups is 4. The molecule has 164 valence electrons. The monoisotopic (exact) mass is 444 g/mol. The maximum absolute atomic E-state index is 13.2. The van der Waals surface area contributed by atoms with E-state index in [0.29, 0.717) is 6.42 Å². The second kappa shape index (κ2) is 8.57. The summed E-state index contributed by atoms with van der Waals surface area (Å²) in [5.41, 5.74) is 5.45. The van der Waals surface area contributed by atoms with Crippen molar-refractivity contribution in [2.45, 2.75) is 37.6 Å². The lowest BCUT2D eigenvalue weighted by Crippen LogP contribution is -2.44. The summed E-state index contributed by atoms with van der Waals surface area (Å²) in [4.78, 5) is 51.1. The van der Waals surface area contributed by atoms with Crippen molar-refractivity contribution in [1.29, 1.82) is 0 Å². The van der Waals surface area contributed by atoms with Crippen LogP contribution >= 0.6 is 11.8 Å². The van der Waals surface area contributed by atoms with Crippen LogP contribution in [-0.2, 0) is 30.4 Å². The lowest BCUT2D eigenvalue weighted by atomic mass is 9.77. The third-order valence-corrected chi connectivity index (χ3v) is 6.87. The minimum atomic E-state index is -1.15. The van der Waals surface area contributed by atoms with Gasteiger partial charge in [-0.25, -0.2) is 4.79 Å². The number of hydrogen-bond acceptors (Lipinski definition) is 8. The summed E-state index contributed by atoms with van der Waals surface area (Å²) in [6.45, 7) is 1.73. The number of imide groups is 1. The lowest BCUT2D eigenvalue weighted by Gasteiger charge is -2.28. The van der Waals surface area contributed by atoms with Crippen molar-refractivity contribution in [3.05, 3.63) is 48.0 Å². The summed E-state index contributed by atoms with van der Waals surface area (Å²) in [6, 6.07) is 8.57. The zero-order chi connectivity index (χ0) is 22.2. The maximum Gasteiger partial charge on any atom is 0.367 e. The van der Waals surface area contributed by atoms with Crippen LogP contribution in [0.5, 0.6) is 0 Å². The number of hydrogen-bond donors (Lipinski definition) is 1. The highest BCUT2D eigenvalue weighted by Gasteiger charge is 2.68. The topological polar surface area (TPSA) is 116 Å². The van der Waals surface area contributed by atoms with E-state index in [9.17, 15) is 19.2 Å². The van der Waals surface area contributed by atoms with E-state index < -0.39 is 34.9 Å². The van der Waals surface area contributed by atoms with Crippen LogP contribution in [0.25, 0.3) is 0 Å². The van der Waals surface area contributed by atoms with E-state index in [1.54, 1.807) is 19.1 Å². The Kier molecular flexibility index (Phi) is 6.00. The van der Waals surface area contributed by atoms with Gasteiger partial charge in [0.05, 0.1) is 30.5 Å². The van der Waals surface area contributed by atoms with Gasteiger partial charge in [-0.1, -0.05) is 43.3 Å². The minimum Gasteiger partial charge on any atom is -0.454 e. The molecule has 1 aromatic carbocycles. The molecule has 31 heavy (non-hydrogen) atoms. The zero-order valence-corrected chi connectivity index (χ0v) is 17.9. The maximum atomic E-state index is 13.2. The molecular formula is C22H24N2O6S. The molecule has 3 aliphatic heterocycles. The van der Waals surface area contributed by atoms with Crippen LogP contribution in [0.4, 0.5) is 4.79 Å². The van der Waals surface area contributed by atoms with Crippen molar-refractivity contribution in [2.75, 3.05) is 12.4 Å². The number of fused-ring (bicyclic) bond motifs is 5. The highest BCUT2D eigenvalue weighted by atomic mass is 32.2. The third kappa shape index (κ3) is 3.93. The fraction of sp³-hybridized carbons (Fsp3) is 0.455. The molecule has 8 nitrogen and oxygen atoms in total. The smallest absolute Gasteiger partial charge is 0.367 e. The van der Waals surface area contributed by atoms with Crippen LogP contribution in [-0.4, -0.2) is 57.9 Å². The van der Waals surface area contributed by atoms with Gasteiger partial charge in [-0.3, -0.25) is 19.3 Å². The number of benzene rings is 1. The van der Waals surface area contributed by atoms with Crippen LogP contribution in [0.1, 0.15) is 18.9 Å². The first kappa shape index (κ1) is 21.7. The highest BCUT2D eigenvalue weighted by Crippen LogP contribution is 2.52. The molecule has 0 radical (unpaired) electrons. The Morgan fingerprint density at radius 1 is 1.26 bits per heavy atom. The van der Waals surface area contributed by atoms with E-state index in [1.807, 2.05) is 30.3 Å². The van der Waals surface area contributed by atoms with Crippen LogP contribution < -0.4 is 5.73 Å². The van der Waals surface area contributed by atoms with Crippen molar-refractivity contribution in [3.8, 4) is 0 Å². The predicted molar refractivity (Wildman–Crippen MR) is 113 cm³/mol. The standard InChI is InChI=1S/C22H24N2O6S/c1-2-15(25)14(23)11-31-21(28)29-12-22-9-8-16(30-22)17-18(22)20(27)24(19(17)26)10-13-6-4-3-5-7-13/h3-9,14,16-18H,2,10-12,23H2,1H3. The Morgan fingerprint density at radius 2 is 2.00 bits per heavy atom. The molecule has 0 aliphatic carbocycles.